The third kappa shape index (κ3) is 2.95. The van der Waals surface area contributed by atoms with Gasteiger partial charge in [0.15, 0.2) is 11.6 Å². The predicted octanol–water partition coefficient (Wildman–Crippen LogP) is 3.10. The highest BCUT2D eigenvalue weighted by molar-refractivity contribution is 9.10. The maximum atomic E-state index is 12.8. The Bertz CT molecular complexity index is 548. The molecule has 0 unspecified atom stereocenters. The van der Waals surface area contributed by atoms with Crippen LogP contribution in [0.25, 0.3) is 0 Å². The summed E-state index contributed by atoms with van der Waals surface area (Å²) in [6, 6.07) is 4.63. The van der Waals surface area contributed by atoms with Crippen LogP contribution in [-0.2, 0) is 0 Å². The van der Waals surface area contributed by atoms with E-state index in [2.05, 4.69) is 25.9 Å². The predicted molar refractivity (Wildman–Crippen MR) is 69.6 cm³/mol. The Kier molecular flexibility index (Phi) is 3.76. The molecule has 0 spiro atoms. The Morgan fingerprint density at radius 2 is 2.11 bits per heavy atom. The first-order valence-corrected chi connectivity index (χ1v) is 6.04. The first kappa shape index (κ1) is 12.8. The van der Waals surface area contributed by atoms with E-state index >= 15 is 0 Å². The Hall–Kier alpha value is -1.69. The minimum Gasteiger partial charge on any atom is -0.481 e. The minimum absolute atomic E-state index is 0.298. The van der Waals surface area contributed by atoms with Gasteiger partial charge in [0.1, 0.15) is 11.9 Å². The van der Waals surface area contributed by atoms with Crippen LogP contribution in [-0.4, -0.2) is 9.97 Å². The molecule has 2 aromatic rings. The second-order valence-electron chi connectivity index (χ2n) is 3.70. The van der Waals surface area contributed by atoms with E-state index in [-0.39, 0.29) is 11.9 Å². The van der Waals surface area contributed by atoms with Gasteiger partial charge >= 0.3 is 0 Å². The van der Waals surface area contributed by atoms with Crippen LogP contribution in [0.15, 0.2) is 35.1 Å². The summed E-state index contributed by atoms with van der Waals surface area (Å²) in [4.78, 5) is 7.92. The molecule has 0 aliphatic rings. The molecule has 2 heterocycles. The highest BCUT2D eigenvalue weighted by atomic mass is 79.9. The minimum atomic E-state index is -0.380. The third-order valence-corrected chi connectivity index (χ3v) is 2.75. The van der Waals surface area contributed by atoms with Gasteiger partial charge in [-0.15, -0.1) is 0 Å². The molecule has 0 bridgehead atoms. The number of nitrogens with zero attached hydrogens (tertiary/aromatic N) is 2. The van der Waals surface area contributed by atoms with Gasteiger partial charge in [0, 0.05) is 10.7 Å². The van der Waals surface area contributed by atoms with E-state index in [0.717, 1.165) is 10.7 Å². The van der Waals surface area contributed by atoms with Gasteiger partial charge < -0.3 is 10.5 Å². The van der Waals surface area contributed by atoms with E-state index in [0.29, 0.717) is 17.3 Å². The van der Waals surface area contributed by atoms with Crippen LogP contribution in [0.3, 0.4) is 0 Å². The Labute approximate surface area is 112 Å². The molecule has 2 N–H and O–H groups in total. The zero-order valence-electron chi connectivity index (χ0n) is 9.60. The smallest absolute Gasteiger partial charge is 0.166 e. The second-order valence-corrected chi connectivity index (χ2v) is 4.61. The highest BCUT2D eigenvalue weighted by Crippen LogP contribution is 2.27. The first-order chi connectivity index (χ1) is 8.56. The molecule has 0 saturated carbocycles. The van der Waals surface area contributed by atoms with Crippen molar-refractivity contribution in [2.45, 2.75) is 13.0 Å². The molecular weight excluding hydrogens is 301 g/mol. The number of nitrogens with two attached hydrogens (primary N) is 1. The summed E-state index contributed by atoms with van der Waals surface area (Å²) >= 11 is 3.29. The number of nitrogen functional groups attached to an aromatic ring is 1. The number of hydrogen-bond donors (Lipinski definition) is 1. The lowest BCUT2D eigenvalue weighted by Crippen LogP contribution is -2.07. The van der Waals surface area contributed by atoms with E-state index in [4.69, 9.17) is 10.5 Å². The van der Waals surface area contributed by atoms with Crippen molar-refractivity contribution in [3.8, 4) is 5.75 Å². The molecule has 6 heteroatoms. The lowest BCUT2D eigenvalue weighted by molar-refractivity contribution is 0.222. The summed E-state index contributed by atoms with van der Waals surface area (Å²) in [7, 11) is 0. The maximum absolute atomic E-state index is 12.8. The molecule has 0 radical (unpaired) electrons. The van der Waals surface area contributed by atoms with Crippen LogP contribution in [0.2, 0.25) is 0 Å². The van der Waals surface area contributed by atoms with E-state index in [1.807, 2.05) is 0 Å². The van der Waals surface area contributed by atoms with Crippen LogP contribution in [0.5, 0.6) is 5.75 Å². The molecule has 0 saturated heterocycles. The van der Waals surface area contributed by atoms with Crippen molar-refractivity contribution >= 4 is 21.7 Å². The quantitative estimate of drug-likeness (QED) is 0.946. The fraction of sp³-hybridized carbons (Fsp3) is 0.167. The van der Waals surface area contributed by atoms with Crippen molar-refractivity contribution in [2.75, 3.05) is 5.73 Å². The third-order valence-electron chi connectivity index (χ3n) is 2.32. The van der Waals surface area contributed by atoms with Gasteiger partial charge in [-0.25, -0.2) is 9.37 Å². The van der Waals surface area contributed by atoms with Crippen molar-refractivity contribution in [3.63, 3.8) is 0 Å². The largest absolute Gasteiger partial charge is 0.481 e. The van der Waals surface area contributed by atoms with Gasteiger partial charge in [-0.3, -0.25) is 4.98 Å². The molecule has 0 aliphatic heterocycles. The normalized spacial score (nSPS) is 12.2. The van der Waals surface area contributed by atoms with Crippen molar-refractivity contribution in [1.82, 2.24) is 9.97 Å². The van der Waals surface area contributed by atoms with Gasteiger partial charge in [-0.05, 0) is 41.1 Å². The average Bonchev–Trinajstić information content (AvgIpc) is 2.34. The summed E-state index contributed by atoms with van der Waals surface area (Å²) in [6.45, 7) is 1.81. The molecule has 0 fully saturated rings. The topological polar surface area (TPSA) is 61.0 Å². The SMILES string of the molecule is C[C@@H](Oc1cc(Br)cnc1N)c1ccc(F)cn1. The van der Waals surface area contributed by atoms with Crippen LogP contribution in [0, 0.1) is 5.82 Å². The molecule has 18 heavy (non-hydrogen) atoms. The van der Waals surface area contributed by atoms with Gasteiger partial charge in [0.25, 0.3) is 0 Å². The molecular formula is C12H11BrFN3O. The lowest BCUT2D eigenvalue weighted by atomic mass is 10.2. The number of pyridine rings is 2. The molecule has 0 aromatic carbocycles. The van der Waals surface area contributed by atoms with Crippen LogP contribution < -0.4 is 10.5 Å². The number of anilines is 1. The van der Waals surface area contributed by atoms with Crippen molar-refractivity contribution in [3.05, 3.63) is 46.6 Å². The van der Waals surface area contributed by atoms with Gasteiger partial charge in [0.05, 0.1) is 11.9 Å². The molecule has 2 aromatic heterocycles. The molecule has 0 aliphatic carbocycles. The second kappa shape index (κ2) is 5.30. The van der Waals surface area contributed by atoms with Crippen molar-refractivity contribution in [2.24, 2.45) is 0 Å². The van der Waals surface area contributed by atoms with Gasteiger partial charge in [-0.1, -0.05) is 0 Å². The average molecular weight is 312 g/mol. The number of halogens is 2. The van der Waals surface area contributed by atoms with Crippen LogP contribution in [0.4, 0.5) is 10.2 Å². The van der Waals surface area contributed by atoms with Crippen molar-refractivity contribution < 1.29 is 9.13 Å². The monoisotopic (exact) mass is 311 g/mol. The fourth-order valence-corrected chi connectivity index (χ4v) is 1.71. The van der Waals surface area contributed by atoms with Crippen molar-refractivity contribution in [1.29, 1.82) is 0 Å². The lowest BCUT2D eigenvalue weighted by Gasteiger charge is -2.15. The van der Waals surface area contributed by atoms with E-state index < -0.39 is 0 Å². The summed E-state index contributed by atoms with van der Waals surface area (Å²) in [5.74, 6) is 0.379. The molecule has 94 valence electrons. The maximum Gasteiger partial charge on any atom is 0.166 e. The summed E-state index contributed by atoms with van der Waals surface area (Å²) in [5, 5.41) is 0. The summed E-state index contributed by atoms with van der Waals surface area (Å²) < 4.78 is 19.2. The Balaban J connectivity index is 2.18. The summed E-state index contributed by atoms with van der Waals surface area (Å²) in [6.07, 6.45) is 2.39. The van der Waals surface area contributed by atoms with Gasteiger partial charge in [0.2, 0.25) is 0 Å². The zero-order chi connectivity index (χ0) is 13.1. The van der Waals surface area contributed by atoms with E-state index in [1.54, 1.807) is 25.3 Å². The van der Waals surface area contributed by atoms with E-state index in [1.165, 1.54) is 6.07 Å². The Morgan fingerprint density at radius 3 is 2.78 bits per heavy atom. The summed E-state index contributed by atoms with van der Waals surface area (Å²) in [5.41, 5.74) is 6.32. The number of aromatic nitrogens is 2. The molecule has 0 amide bonds. The standard InChI is InChI=1S/C12H11BrFN3O/c1-7(10-3-2-9(14)6-16-10)18-11-4-8(13)5-17-12(11)15/h2-7H,1H3,(H2,15,17)/t7-/m1/s1. The molecule has 1 atom stereocenters. The highest BCUT2D eigenvalue weighted by Gasteiger charge is 2.11. The van der Waals surface area contributed by atoms with E-state index in [9.17, 15) is 4.39 Å². The number of rotatable bonds is 3. The first-order valence-electron chi connectivity index (χ1n) is 5.25. The van der Waals surface area contributed by atoms with Crippen LogP contribution in [0.1, 0.15) is 18.7 Å². The van der Waals surface area contributed by atoms with Crippen LogP contribution >= 0.6 is 15.9 Å². The fourth-order valence-electron chi connectivity index (χ4n) is 1.40. The Morgan fingerprint density at radius 1 is 1.33 bits per heavy atom. The molecule has 4 nitrogen and oxygen atoms in total. The zero-order valence-corrected chi connectivity index (χ0v) is 11.2. The number of ether oxygens (including phenoxy) is 1. The number of hydrogen-bond acceptors (Lipinski definition) is 4. The van der Waals surface area contributed by atoms with Gasteiger partial charge in [-0.2, -0.15) is 0 Å². The molecule has 2 rings (SSSR count).